The van der Waals surface area contributed by atoms with E-state index < -0.39 is 108 Å². The molecule has 0 saturated carbocycles. The van der Waals surface area contributed by atoms with Crippen molar-refractivity contribution in [2.24, 2.45) is 23.3 Å². The zero-order valence-electron chi connectivity index (χ0n) is 30.7. The molecule has 2 rings (SSSR count). The van der Waals surface area contributed by atoms with Crippen molar-refractivity contribution in [3.05, 3.63) is 48.0 Å². The summed E-state index contributed by atoms with van der Waals surface area (Å²) in [5, 5.41) is 33.7. The molecule has 20 nitrogen and oxygen atoms in total. The van der Waals surface area contributed by atoms with Crippen LogP contribution in [0.3, 0.4) is 0 Å². The molecular weight excluding hydrogens is 708 g/mol. The molecule has 1 aromatic carbocycles. The number of carbonyl (C=O) groups excluding carboxylic acids is 7. The van der Waals surface area contributed by atoms with Crippen LogP contribution in [0.25, 0.3) is 0 Å². The summed E-state index contributed by atoms with van der Waals surface area (Å²) in [6.45, 7) is 7.33. The van der Waals surface area contributed by atoms with Gasteiger partial charge in [0.2, 0.25) is 41.4 Å². The third-order valence-corrected chi connectivity index (χ3v) is 8.04. The number of hydrogen-bond donors (Lipinski definition) is 11. The Bertz CT molecular complexity index is 1630. The molecule has 0 unspecified atom stereocenters. The number of aromatic hydroxyl groups is 1. The fourth-order valence-corrected chi connectivity index (χ4v) is 4.99. The minimum atomic E-state index is -1.74. The Kier molecular flexibility index (Phi) is 17.0. The molecular formula is C34H50N10O10. The van der Waals surface area contributed by atoms with Gasteiger partial charge in [0.15, 0.2) is 0 Å². The van der Waals surface area contributed by atoms with Crippen molar-refractivity contribution in [2.45, 2.75) is 90.1 Å². The molecule has 0 spiro atoms. The summed E-state index contributed by atoms with van der Waals surface area (Å²) in [6.07, 6.45) is 1.71. The van der Waals surface area contributed by atoms with Crippen LogP contribution >= 0.6 is 0 Å². The Hall–Kier alpha value is -6.05. The van der Waals surface area contributed by atoms with Gasteiger partial charge < -0.3 is 58.6 Å². The van der Waals surface area contributed by atoms with Gasteiger partial charge in [-0.2, -0.15) is 0 Å². The Labute approximate surface area is 311 Å². The first-order chi connectivity index (χ1) is 25.3. The number of nitrogens with two attached hydrogens (primary N) is 2. The molecule has 296 valence electrons. The normalized spacial score (nSPS) is 14.4. The molecule has 0 aliphatic rings. The van der Waals surface area contributed by atoms with Crippen LogP contribution in [-0.2, 0) is 51.2 Å². The van der Waals surface area contributed by atoms with Crippen molar-refractivity contribution in [1.82, 2.24) is 41.9 Å². The largest absolute Gasteiger partial charge is 0.508 e. The van der Waals surface area contributed by atoms with E-state index in [1.54, 1.807) is 39.8 Å². The van der Waals surface area contributed by atoms with Crippen molar-refractivity contribution < 1.29 is 48.6 Å². The number of carboxylic acid groups (broad SMARTS) is 1. The predicted molar refractivity (Wildman–Crippen MR) is 192 cm³/mol. The fourth-order valence-electron chi connectivity index (χ4n) is 4.99. The Balaban J connectivity index is 2.20. The number of primary amides is 1. The maximum atomic E-state index is 13.6. The monoisotopic (exact) mass is 758 g/mol. The lowest BCUT2D eigenvalue weighted by molar-refractivity contribution is -0.141. The van der Waals surface area contributed by atoms with Gasteiger partial charge in [0.1, 0.15) is 36.0 Å². The van der Waals surface area contributed by atoms with Crippen LogP contribution in [0.2, 0.25) is 0 Å². The second-order valence-corrected chi connectivity index (χ2v) is 13.4. The number of phenolic OH excluding ortho intramolecular Hbond substituents is 1. The number of carboxylic acids is 1. The first-order valence-corrected chi connectivity index (χ1v) is 17.1. The summed E-state index contributed by atoms with van der Waals surface area (Å²) >= 11 is 0. The number of amides is 7. The molecule has 0 aliphatic carbocycles. The first kappa shape index (κ1) is 44.1. The van der Waals surface area contributed by atoms with Crippen molar-refractivity contribution in [2.75, 3.05) is 6.54 Å². The van der Waals surface area contributed by atoms with Crippen molar-refractivity contribution in [3.63, 3.8) is 0 Å². The van der Waals surface area contributed by atoms with Crippen LogP contribution in [0.15, 0.2) is 36.8 Å². The highest BCUT2D eigenvalue weighted by Crippen LogP contribution is 2.12. The van der Waals surface area contributed by atoms with Gasteiger partial charge in [0.05, 0.1) is 25.3 Å². The van der Waals surface area contributed by atoms with E-state index in [1.165, 1.54) is 31.6 Å². The van der Waals surface area contributed by atoms with Crippen LogP contribution < -0.4 is 43.4 Å². The molecule has 6 atom stereocenters. The number of hydrogen-bond acceptors (Lipinski definition) is 11. The van der Waals surface area contributed by atoms with E-state index in [2.05, 4.69) is 41.9 Å². The first-order valence-electron chi connectivity index (χ1n) is 17.1. The summed E-state index contributed by atoms with van der Waals surface area (Å²) in [5.41, 5.74) is 12.2. The van der Waals surface area contributed by atoms with Crippen LogP contribution in [0.4, 0.5) is 0 Å². The van der Waals surface area contributed by atoms with Crippen LogP contribution in [0.5, 0.6) is 5.75 Å². The third-order valence-electron chi connectivity index (χ3n) is 8.04. The molecule has 13 N–H and O–H groups in total. The lowest BCUT2D eigenvalue weighted by Gasteiger charge is -2.28. The van der Waals surface area contributed by atoms with Crippen LogP contribution in [0.1, 0.15) is 52.3 Å². The highest BCUT2D eigenvalue weighted by Gasteiger charge is 2.35. The number of carbonyl (C=O) groups is 8. The van der Waals surface area contributed by atoms with Gasteiger partial charge in [-0.15, -0.1) is 0 Å². The number of benzene rings is 1. The smallest absolute Gasteiger partial charge is 0.305 e. The molecule has 7 amide bonds. The lowest BCUT2D eigenvalue weighted by Crippen LogP contribution is -2.61. The van der Waals surface area contributed by atoms with E-state index in [0.717, 1.165) is 0 Å². The molecule has 0 radical (unpaired) electrons. The minimum absolute atomic E-state index is 0.0378. The standard InChI is InChI=1S/C34H50N10O10/c1-16(2)27(33(53)38-14-25(36)46)44-34(54)28(17(3)4)43-32(52)24(12-26(47)48)42-31(51)23(11-20-13-37-15-39-20)41-29(49)18(5)40-30(50)22(35)10-19-6-8-21(45)9-7-19/h6-9,13,15-18,22-24,27-28,45H,10-12,14,35H2,1-5H3,(H2,36,46)(H,37,39)(H,38,53)(H,40,50)(H,41,49)(H,42,51)(H,43,52)(H,44,54)(H,47,48)/t18-,22+,23+,24+,27+,28+/m1/s1. The number of aliphatic carboxylic acids is 1. The number of nitrogens with one attached hydrogen (secondary N) is 7. The fraction of sp³-hybridized carbons (Fsp3) is 0.500. The Morgan fingerprint density at radius 1 is 0.722 bits per heavy atom. The summed E-state index contributed by atoms with van der Waals surface area (Å²) < 4.78 is 0. The second kappa shape index (κ2) is 20.9. The zero-order chi connectivity index (χ0) is 40.7. The van der Waals surface area contributed by atoms with Crippen LogP contribution in [-0.4, -0.2) is 110 Å². The summed E-state index contributed by atoms with van der Waals surface area (Å²) in [4.78, 5) is 109. The van der Waals surface area contributed by atoms with Gasteiger partial charge in [0, 0.05) is 18.3 Å². The number of imidazole rings is 1. The van der Waals surface area contributed by atoms with Gasteiger partial charge in [-0.05, 0) is 42.9 Å². The van der Waals surface area contributed by atoms with E-state index >= 15 is 0 Å². The number of phenols is 1. The maximum absolute atomic E-state index is 13.6. The maximum Gasteiger partial charge on any atom is 0.305 e. The van der Waals surface area contributed by atoms with E-state index in [-0.39, 0.29) is 18.6 Å². The minimum Gasteiger partial charge on any atom is -0.508 e. The van der Waals surface area contributed by atoms with E-state index in [0.29, 0.717) is 11.3 Å². The van der Waals surface area contributed by atoms with Gasteiger partial charge in [0.25, 0.3) is 0 Å². The molecule has 0 saturated heterocycles. The van der Waals surface area contributed by atoms with Gasteiger partial charge in [-0.3, -0.25) is 38.4 Å². The summed E-state index contributed by atoms with van der Waals surface area (Å²) in [5.74, 6) is -8.27. The third kappa shape index (κ3) is 14.5. The number of rotatable bonds is 21. The molecule has 54 heavy (non-hydrogen) atoms. The predicted octanol–water partition coefficient (Wildman–Crippen LogP) is -2.94. The SMILES string of the molecule is CC(C)[C@H](NC(=O)[C@H](CC(=O)O)NC(=O)[C@H](Cc1cnc[nH]1)NC(=O)[C@@H](C)NC(=O)[C@@H](N)Cc1ccc(O)cc1)C(=O)N[C@H](C(=O)NCC(N)=O)C(C)C. The van der Waals surface area contributed by atoms with E-state index in [9.17, 15) is 48.6 Å². The molecule has 0 fully saturated rings. The number of aromatic amines is 1. The number of H-pyrrole nitrogens is 1. The molecule has 1 heterocycles. The van der Waals surface area contributed by atoms with Crippen molar-refractivity contribution in [1.29, 1.82) is 0 Å². The quantitative estimate of drug-likeness (QED) is 0.0609. The van der Waals surface area contributed by atoms with Gasteiger partial charge >= 0.3 is 5.97 Å². The van der Waals surface area contributed by atoms with Crippen molar-refractivity contribution >= 4 is 47.3 Å². The molecule has 2 aromatic rings. The lowest BCUT2D eigenvalue weighted by atomic mass is 9.99. The number of nitrogens with zero attached hydrogens (tertiary/aromatic N) is 1. The zero-order valence-corrected chi connectivity index (χ0v) is 30.7. The molecule has 0 aliphatic heterocycles. The Morgan fingerprint density at radius 2 is 1.28 bits per heavy atom. The highest BCUT2D eigenvalue weighted by molar-refractivity contribution is 5.98. The van der Waals surface area contributed by atoms with Gasteiger partial charge in [-0.1, -0.05) is 39.8 Å². The average Bonchev–Trinajstić information content (AvgIpc) is 3.61. The number of aromatic nitrogens is 2. The van der Waals surface area contributed by atoms with Crippen molar-refractivity contribution in [3.8, 4) is 5.75 Å². The summed E-state index contributed by atoms with van der Waals surface area (Å²) in [7, 11) is 0. The topological polar surface area (TPSA) is 330 Å². The van der Waals surface area contributed by atoms with Gasteiger partial charge in [-0.25, -0.2) is 4.98 Å². The van der Waals surface area contributed by atoms with E-state index in [4.69, 9.17) is 11.5 Å². The highest BCUT2D eigenvalue weighted by atomic mass is 16.4. The Morgan fingerprint density at radius 3 is 1.81 bits per heavy atom. The molecule has 20 heteroatoms. The molecule has 0 bridgehead atoms. The molecule has 1 aromatic heterocycles. The second-order valence-electron chi connectivity index (χ2n) is 13.4. The summed E-state index contributed by atoms with van der Waals surface area (Å²) in [6, 6.07) is -1.79. The average molecular weight is 759 g/mol. The van der Waals surface area contributed by atoms with Crippen LogP contribution in [0, 0.1) is 11.8 Å². The van der Waals surface area contributed by atoms with E-state index in [1.807, 2.05) is 0 Å².